The maximum atomic E-state index is 12.5. The summed E-state index contributed by atoms with van der Waals surface area (Å²) in [7, 11) is 0. The molecule has 0 amide bonds. The fraction of sp³-hybridized carbons (Fsp3) is 0.429. The zero-order valence-corrected chi connectivity index (χ0v) is 12.3. The van der Waals surface area contributed by atoms with Crippen molar-refractivity contribution in [3.05, 3.63) is 47.3 Å². The molecule has 114 valence electrons. The fourth-order valence-corrected chi connectivity index (χ4v) is 2.46. The summed E-state index contributed by atoms with van der Waals surface area (Å²) in [5, 5.41) is 3.35. The van der Waals surface area contributed by atoms with Crippen LogP contribution in [0.15, 0.2) is 30.5 Å². The van der Waals surface area contributed by atoms with E-state index in [1.807, 2.05) is 0 Å². The minimum atomic E-state index is -4.29. The Bertz CT molecular complexity index is 538. The van der Waals surface area contributed by atoms with Crippen molar-refractivity contribution in [2.75, 3.05) is 6.54 Å². The zero-order valence-electron chi connectivity index (χ0n) is 11.5. The van der Waals surface area contributed by atoms with E-state index in [0.29, 0.717) is 6.42 Å². The smallest absolute Gasteiger partial charge is 0.308 e. The summed E-state index contributed by atoms with van der Waals surface area (Å²) in [5.41, 5.74) is 1.04. The van der Waals surface area contributed by atoms with Crippen molar-refractivity contribution < 1.29 is 13.2 Å². The molecule has 1 aromatic carbocycles. The Balaban J connectivity index is 2.09. The third-order valence-corrected chi connectivity index (χ3v) is 3.59. The van der Waals surface area contributed by atoms with Gasteiger partial charge in [-0.25, -0.2) is 0 Å². The van der Waals surface area contributed by atoms with Crippen LogP contribution in [0.25, 0.3) is 0 Å². The lowest BCUT2D eigenvalue weighted by Gasteiger charge is -2.16. The first-order valence-corrected chi connectivity index (χ1v) is 7.40. The molecule has 1 heterocycles. The highest BCUT2D eigenvalue weighted by Gasteiger charge is 2.30. The van der Waals surface area contributed by atoms with Gasteiger partial charge < -0.3 is 5.32 Å². The molecule has 2 aromatic rings. The molecule has 1 N–H and O–H groups in total. The molecular formula is C14H16F3N3S. The monoisotopic (exact) mass is 315 g/mol. The predicted octanol–water partition coefficient (Wildman–Crippen LogP) is 3.84. The molecule has 0 aliphatic rings. The summed E-state index contributed by atoms with van der Waals surface area (Å²) < 4.78 is 45.8. The topological polar surface area (TPSA) is 37.8 Å². The van der Waals surface area contributed by atoms with Gasteiger partial charge in [-0.3, -0.25) is 0 Å². The molecule has 2 rings (SSSR count). The fourth-order valence-electron chi connectivity index (χ4n) is 1.99. The van der Waals surface area contributed by atoms with Crippen LogP contribution in [0.3, 0.4) is 0 Å². The number of aromatic nitrogens is 2. The molecule has 0 fully saturated rings. The molecule has 0 radical (unpaired) electrons. The van der Waals surface area contributed by atoms with E-state index in [1.54, 1.807) is 6.20 Å². The molecule has 0 saturated heterocycles. The van der Waals surface area contributed by atoms with Crippen LogP contribution in [-0.4, -0.2) is 15.3 Å². The van der Waals surface area contributed by atoms with Crippen LogP contribution < -0.4 is 5.32 Å². The Morgan fingerprint density at radius 3 is 2.48 bits per heavy atom. The van der Waals surface area contributed by atoms with E-state index in [9.17, 15) is 13.2 Å². The molecule has 7 heteroatoms. The van der Waals surface area contributed by atoms with E-state index in [-0.39, 0.29) is 6.04 Å². The average molecular weight is 315 g/mol. The van der Waals surface area contributed by atoms with Crippen LogP contribution in [0.5, 0.6) is 0 Å². The van der Waals surface area contributed by atoms with E-state index < -0.39 is 11.7 Å². The third kappa shape index (κ3) is 4.50. The SMILES string of the molecule is CCCNC(Cc1ccc(C(F)(F)F)cc1)c1cnsn1. The normalized spacial score (nSPS) is 13.3. The first kappa shape index (κ1) is 15.9. The molecule has 0 saturated carbocycles. The summed E-state index contributed by atoms with van der Waals surface area (Å²) in [6.45, 7) is 2.88. The van der Waals surface area contributed by atoms with Gasteiger partial charge in [0.1, 0.15) is 0 Å². The van der Waals surface area contributed by atoms with Crippen molar-refractivity contribution in [1.82, 2.24) is 14.1 Å². The average Bonchev–Trinajstić information content (AvgIpc) is 2.97. The predicted molar refractivity (Wildman–Crippen MR) is 76.1 cm³/mol. The van der Waals surface area contributed by atoms with Crippen LogP contribution in [0.1, 0.15) is 36.2 Å². The van der Waals surface area contributed by atoms with Gasteiger partial charge in [-0.2, -0.15) is 21.9 Å². The number of halogens is 3. The van der Waals surface area contributed by atoms with Gasteiger partial charge in [-0.15, -0.1) is 0 Å². The highest BCUT2D eigenvalue weighted by atomic mass is 32.1. The Kier molecular flexibility index (Phi) is 5.30. The Labute approximate surface area is 125 Å². The minimum absolute atomic E-state index is 0.0274. The zero-order chi connectivity index (χ0) is 15.3. The molecule has 0 bridgehead atoms. The first-order valence-electron chi connectivity index (χ1n) is 6.67. The largest absolute Gasteiger partial charge is 0.416 e. The number of nitrogens with zero attached hydrogens (tertiary/aromatic N) is 2. The van der Waals surface area contributed by atoms with Crippen molar-refractivity contribution in [2.24, 2.45) is 0 Å². The van der Waals surface area contributed by atoms with Crippen molar-refractivity contribution in [2.45, 2.75) is 32.0 Å². The highest BCUT2D eigenvalue weighted by Crippen LogP contribution is 2.29. The standard InChI is InChI=1S/C14H16F3N3S/c1-2-7-18-12(13-9-19-21-20-13)8-10-3-5-11(6-4-10)14(15,16)17/h3-6,9,12,18H,2,7-8H2,1H3. The number of hydrogen-bond acceptors (Lipinski definition) is 4. The van der Waals surface area contributed by atoms with E-state index in [2.05, 4.69) is 21.0 Å². The molecule has 0 spiro atoms. The number of hydrogen-bond donors (Lipinski definition) is 1. The van der Waals surface area contributed by atoms with E-state index in [1.165, 1.54) is 12.1 Å². The van der Waals surface area contributed by atoms with Gasteiger partial charge in [-0.1, -0.05) is 19.1 Å². The van der Waals surface area contributed by atoms with Crippen LogP contribution in [-0.2, 0) is 12.6 Å². The molecule has 21 heavy (non-hydrogen) atoms. The maximum Gasteiger partial charge on any atom is 0.416 e. The summed E-state index contributed by atoms with van der Waals surface area (Å²) in [4.78, 5) is 0. The third-order valence-electron chi connectivity index (χ3n) is 3.10. The number of alkyl halides is 3. The van der Waals surface area contributed by atoms with Gasteiger partial charge in [0.2, 0.25) is 0 Å². The summed E-state index contributed by atoms with van der Waals surface area (Å²) >= 11 is 1.13. The van der Waals surface area contributed by atoms with Gasteiger partial charge in [0.05, 0.1) is 35.2 Å². The van der Waals surface area contributed by atoms with Crippen LogP contribution in [0.4, 0.5) is 13.2 Å². The molecule has 3 nitrogen and oxygen atoms in total. The number of rotatable bonds is 6. The lowest BCUT2D eigenvalue weighted by Crippen LogP contribution is -2.24. The second-order valence-corrected chi connectivity index (χ2v) is 5.29. The first-order chi connectivity index (χ1) is 10.0. The van der Waals surface area contributed by atoms with Gasteiger partial charge in [-0.05, 0) is 37.1 Å². The van der Waals surface area contributed by atoms with Crippen LogP contribution in [0.2, 0.25) is 0 Å². The summed E-state index contributed by atoms with van der Waals surface area (Å²) in [6.07, 6.45) is -1.04. The van der Waals surface area contributed by atoms with Crippen molar-refractivity contribution in [1.29, 1.82) is 0 Å². The molecule has 1 unspecified atom stereocenters. The van der Waals surface area contributed by atoms with Crippen LogP contribution >= 0.6 is 11.7 Å². The van der Waals surface area contributed by atoms with E-state index in [4.69, 9.17) is 0 Å². The van der Waals surface area contributed by atoms with Crippen LogP contribution in [0, 0.1) is 0 Å². The quantitative estimate of drug-likeness (QED) is 0.880. The highest BCUT2D eigenvalue weighted by molar-refractivity contribution is 6.99. The van der Waals surface area contributed by atoms with Gasteiger partial charge in [0.25, 0.3) is 0 Å². The molecule has 1 atom stereocenters. The van der Waals surface area contributed by atoms with Crippen molar-refractivity contribution in [3.8, 4) is 0 Å². The molecule has 0 aliphatic carbocycles. The number of nitrogens with one attached hydrogen (secondary N) is 1. The second-order valence-electron chi connectivity index (χ2n) is 4.74. The molecular weight excluding hydrogens is 299 g/mol. The number of benzene rings is 1. The lowest BCUT2D eigenvalue weighted by molar-refractivity contribution is -0.137. The Hall–Kier alpha value is -1.47. The summed E-state index contributed by atoms with van der Waals surface area (Å²) in [5.74, 6) is 0. The second kappa shape index (κ2) is 7.00. The van der Waals surface area contributed by atoms with E-state index in [0.717, 1.165) is 48.1 Å². The van der Waals surface area contributed by atoms with Gasteiger partial charge >= 0.3 is 6.18 Å². The Morgan fingerprint density at radius 2 is 1.95 bits per heavy atom. The maximum absolute atomic E-state index is 12.5. The van der Waals surface area contributed by atoms with Crippen molar-refractivity contribution >= 4 is 11.7 Å². The summed E-state index contributed by atoms with van der Waals surface area (Å²) in [6, 6.07) is 5.24. The lowest BCUT2D eigenvalue weighted by atomic mass is 10.0. The minimum Gasteiger partial charge on any atom is -0.308 e. The van der Waals surface area contributed by atoms with Gasteiger partial charge in [0, 0.05) is 0 Å². The molecule has 1 aromatic heterocycles. The van der Waals surface area contributed by atoms with E-state index >= 15 is 0 Å². The van der Waals surface area contributed by atoms with Gasteiger partial charge in [0.15, 0.2) is 0 Å². The van der Waals surface area contributed by atoms with Crippen molar-refractivity contribution in [3.63, 3.8) is 0 Å². The molecule has 0 aliphatic heterocycles. The Morgan fingerprint density at radius 1 is 1.24 bits per heavy atom.